The molecular weight excluding hydrogens is 216 g/mol. The highest BCUT2D eigenvalue weighted by Crippen LogP contribution is 2.28. The Hall–Kier alpha value is -1.35. The van der Waals surface area contributed by atoms with E-state index >= 15 is 0 Å². The number of aldehydes is 1. The fraction of sp³-hybridized carbons (Fsp3) is 0.500. The molecule has 1 aliphatic rings. The third-order valence-corrected chi connectivity index (χ3v) is 3.29. The minimum Gasteiger partial charge on any atom is -0.491 e. The van der Waals surface area contributed by atoms with E-state index in [1.165, 1.54) is 6.42 Å². The van der Waals surface area contributed by atoms with Crippen molar-refractivity contribution in [2.45, 2.75) is 37.7 Å². The van der Waals surface area contributed by atoms with E-state index < -0.39 is 5.60 Å². The van der Waals surface area contributed by atoms with Crippen molar-refractivity contribution in [3.05, 3.63) is 29.8 Å². The Kier molecular flexibility index (Phi) is 3.79. The van der Waals surface area contributed by atoms with Crippen molar-refractivity contribution in [3.63, 3.8) is 0 Å². The van der Waals surface area contributed by atoms with E-state index in [0.29, 0.717) is 17.9 Å². The van der Waals surface area contributed by atoms with Gasteiger partial charge in [0.05, 0.1) is 5.60 Å². The van der Waals surface area contributed by atoms with Gasteiger partial charge in [-0.05, 0) is 25.0 Å². The van der Waals surface area contributed by atoms with E-state index in [-0.39, 0.29) is 0 Å². The summed E-state index contributed by atoms with van der Waals surface area (Å²) >= 11 is 0. The van der Waals surface area contributed by atoms with Gasteiger partial charge in [-0.1, -0.05) is 31.4 Å². The zero-order chi connectivity index (χ0) is 12.1. The van der Waals surface area contributed by atoms with Crippen LogP contribution in [0.5, 0.6) is 5.75 Å². The Balaban J connectivity index is 1.94. The number of aliphatic hydroxyl groups is 1. The van der Waals surface area contributed by atoms with E-state index in [2.05, 4.69) is 0 Å². The third-order valence-electron chi connectivity index (χ3n) is 3.29. The summed E-state index contributed by atoms with van der Waals surface area (Å²) in [6.07, 6.45) is 5.73. The smallest absolute Gasteiger partial charge is 0.150 e. The van der Waals surface area contributed by atoms with Crippen molar-refractivity contribution < 1.29 is 14.6 Å². The topological polar surface area (TPSA) is 46.5 Å². The summed E-state index contributed by atoms with van der Waals surface area (Å²) in [4.78, 5) is 10.6. The molecule has 0 unspecified atom stereocenters. The summed E-state index contributed by atoms with van der Waals surface area (Å²) in [7, 11) is 0. The summed E-state index contributed by atoms with van der Waals surface area (Å²) in [6, 6.07) is 7.01. The molecule has 0 aromatic heterocycles. The maximum Gasteiger partial charge on any atom is 0.150 e. The summed E-state index contributed by atoms with van der Waals surface area (Å²) in [5, 5.41) is 10.3. The molecule has 1 fully saturated rings. The lowest BCUT2D eigenvalue weighted by atomic mass is 9.85. The van der Waals surface area contributed by atoms with Gasteiger partial charge in [-0.2, -0.15) is 0 Å². The summed E-state index contributed by atoms with van der Waals surface area (Å²) < 4.78 is 5.58. The normalized spacial score (nSPS) is 18.6. The highest BCUT2D eigenvalue weighted by atomic mass is 16.5. The second-order valence-corrected chi connectivity index (χ2v) is 4.76. The van der Waals surface area contributed by atoms with Crippen LogP contribution in [-0.2, 0) is 0 Å². The molecule has 92 valence electrons. The maximum atomic E-state index is 10.6. The highest BCUT2D eigenvalue weighted by molar-refractivity contribution is 5.75. The molecule has 1 aromatic rings. The molecule has 0 atom stereocenters. The number of rotatable bonds is 4. The Morgan fingerprint density at radius 2 is 2.06 bits per heavy atom. The number of carbonyl (C=O) groups excluding carboxylic acids is 1. The van der Waals surface area contributed by atoms with Crippen molar-refractivity contribution in [1.82, 2.24) is 0 Å². The van der Waals surface area contributed by atoms with Crippen molar-refractivity contribution in [2.24, 2.45) is 0 Å². The molecule has 0 heterocycles. The molecule has 1 N–H and O–H groups in total. The van der Waals surface area contributed by atoms with Gasteiger partial charge < -0.3 is 9.84 Å². The van der Waals surface area contributed by atoms with Crippen LogP contribution in [0.3, 0.4) is 0 Å². The van der Waals surface area contributed by atoms with Crippen LogP contribution in [0.2, 0.25) is 0 Å². The fourth-order valence-electron chi connectivity index (χ4n) is 2.25. The first-order valence-electron chi connectivity index (χ1n) is 6.12. The SMILES string of the molecule is O=Cc1cccc(OCC2(O)CCCCC2)c1. The van der Waals surface area contributed by atoms with Gasteiger partial charge in [0, 0.05) is 5.56 Å². The van der Waals surface area contributed by atoms with Gasteiger partial charge in [0.2, 0.25) is 0 Å². The van der Waals surface area contributed by atoms with Crippen molar-refractivity contribution >= 4 is 6.29 Å². The first-order valence-corrected chi connectivity index (χ1v) is 6.12. The maximum absolute atomic E-state index is 10.6. The lowest BCUT2D eigenvalue weighted by Crippen LogP contribution is -2.37. The summed E-state index contributed by atoms with van der Waals surface area (Å²) in [5.74, 6) is 0.647. The second-order valence-electron chi connectivity index (χ2n) is 4.76. The van der Waals surface area contributed by atoms with Gasteiger partial charge in [0.15, 0.2) is 0 Å². The number of carbonyl (C=O) groups is 1. The van der Waals surface area contributed by atoms with Crippen LogP contribution in [0.4, 0.5) is 0 Å². The first kappa shape index (κ1) is 12.1. The standard InChI is InChI=1S/C14H18O3/c15-10-12-5-4-6-13(9-12)17-11-14(16)7-2-1-3-8-14/h4-6,9-10,16H,1-3,7-8,11H2. The second kappa shape index (κ2) is 5.32. The van der Waals surface area contributed by atoms with Crippen LogP contribution in [0.15, 0.2) is 24.3 Å². The minimum atomic E-state index is -0.685. The zero-order valence-electron chi connectivity index (χ0n) is 9.89. The molecular formula is C14H18O3. The van der Waals surface area contributed by atoms with E-state index in [1.807, 2.05) is 0 Å². The summed E-state index contributed by atoms with van der Waals surface area (Å²) in [6.45, 7) is 0.315. The molecule has 1 saturated carbocycles. The summed E-state index contributed by atoms with van der Waals surface area (Å²) in [5.41, 5.74) is -0.0896. The number of hydrogen-bond donors (Lipinski definition) is 1. The van der Waals surface area contributed by atoms with E-state index in [9.17, 15) is 9.90 Å². The minimum absolute atomic E-state index is 0.315. The van der Waals surface area contributed by atoms with E-state index in [1.54, 1.807) is 24.3 Å². The highest BCUT2D eigenvalue weighted by Gasteiger charge is 2.29. The zero-order valence-corrected chi connectivity index (χ0v) is 9.89. The van der Waals surface area contributed by atoms with Crippen LogP contribution in [0, 0.1) is 0 Å². The average Bonchev–Trinajstić information content (AvgIpc) is 2.38. The molecule has 0 saturated heterocycles. The lowest BCUT2D eigenvalue weighted by Gasteiger charge is -2.31. The average molecular weight is 234 g/mol. The predicted molar refractivity (Wildman–Crippen MR) is 65.4 cm³/mol. The van der Waals surface area contributed by atoms with Crippen LogP contribution in [0.25, 0.3) is 0 Å². The molecule has 3 nitrogen and oxygen atoms in total. The Labute approximate surface area is 101 Å². The first-order chi connectivity index (χ1) is 8.22. The van der Waals surface area contributed by atoms with Gasteiger partial charge >= 0.3 is 0 Å². The molecule has 3 heteroatoms. The van der Waals surface area contributed by atoms with Crippen molar-refractivity contribution in [2.75, 3.05) is 6.61 Å². The largest absolute Gasteiger partial charge is 0.491 e. The van der Waals surface area contributed by atoms with E-state index in [4.69, 9.17) is 4.74 Å². The molecule has 0 spiro atoms. The van der Waals surface area contributed by atoms with Gasteiger partial charge in [0.1, 0.15) is 18.6 Å². The number of benzene rings is 1. The van der Waals surface area contributed by atoms with Crippen LogP contribution < -0.4 is 4.74 Å². The van der Waals surface area contributed by atoms with Gasteiger partial charge in [-0.25, -0.2) is 0 Å². The molecule has 1 aromatic carbocycles. The molecule has 0 radical (unpaired) electrons. The van der Waals surface area contributed by atoms with E-state index in [0.717, 1.165) is 32.0 Å². The predicted octanol–water partition coefficient (Wildman–Crippen LogP) is 2.57. The van der Waals surface area contributed by atoms with Crippen molar-refractivity contribution in [1.29, 1.82) is 0 Å². The molecule has 0 aliphatic heterocycles. The van der Waals surface area contributed by atoms with Crippen molar-refractivity contribution in [3.8, 4) is 5.75 Å². The molecule has 1 aliphatic carbocycles. The lowest BCUT2D eigenvalue weighted by molar-refractivity contribution is -0.0339. The molecule has 2 rings (SSSR count). The number of hydrogen-bond acceptors (Lipinski definition) is 3. The van der Waals surface area contributed by atoms with Gasteiger partial charge in [-0.15, -0.1) is 0 Å². The number of ether oxygens (including phenoxy) is 1. The molecule has 0 bridgehead atoms. The Bertz CT molecular complexity index is 381. The Morgan fingerprint density at radius 1 is 1.29 bits per heavy atom. The quantitative estimate of drug-likeness (QED) is 0.814. The van der Waals surface area contributed by atoms with Crippen LogP contribution >= 0.6 is 0 Å². The molecule has 17 heavy (non-hydrogen) atoms. The monoisotopic (exact) mass is 234 g/mol. The Morgan fingerprint density at radius 3 is 2.76 bits per heavy atom. The fourth-order valence-corrected chi connectivity index (χ4v) is 2.25. The van der Waals surface area contributed by atoms with Crippen LogP contribution in [-0.4, -0.2) is 23.6 Å². The van der Waals surface area contributed by atoms with Crippen LogP contribution in [0.1, 0.15) is 42.5 Å². The molecule has 0 amide bonds. The van der Waals surface area contributed by atoms with Gasteiger partial charge in [0.25, 0.3) is 0 Å². The van der Waals surface area contributed by atoms with Gasteiger partial charge in [-0.3, -0.25) is 4.79 Å². The third kappa shape index (κ3) is 3.30.